The van der Waals surface area contributed by atoms with E-state index in [4.69, 9.17) is 20.4 Å². The molecule has 0 aliphatic heterocycles. The number of aliphatic carboxylic acids is 2. The van der Waals surface area contributed by atoms with E-state index in [0.717, 1.165) is 0 Å². The highest BCUT2D eigenvalue weighted by Gasteiger charge is 2.31. The maximum absolute atomic E-state index is 11.1. The van der Waals surface area contributed by atoms with Gasteiger partial charge in [-0.15, -0.1) is 0 Å². The van der Waals surface area contributed by atoms with Crippen molar-refractivity contribution < 1.29 is 58.9 Å². The highest BCUT2D eigenvalue weighted by atomic mass is 17.2. The normalized spacial score (nSPS) is 9.97. The van der Waals surface area contributed by atoms with Crippen molar-refractivity contribution >= 4 is 29.7 Å². The van der Waals surface area contributed by atoms with Gasteiger partial charge in [-0.25, -0.2) is 19.4 Å². The maximum atomic E-state index is 11.1. The van der Waals surface area contributed by atoms with Crippen molar-refractivity contribution in [3.8, 4) is 0 Å². The van der Waals surface area contributed by atoms with E-state index in [1.54, 1.807) is 34.1 Å². The molecule has 0 radical (unpaired) electrons. The number of hydrogen-bond acceptors (Lipinski definition) is 10. The molecule has 0 amide bonds. The minimum atomic E-state index is -1.39. The summed E-state index contributed by atoms with van der Waals surface area (Å²) in [4.78, 5) is 60.2. The van der Waals surface area contributed by atoms with Gasteiger partial charge in [0.2, 0.25) is 0 Å². The van der Waals surface area contributed by atoms with E-state index in [1.807, 2.05) is 6.92 Å². The number of carboxylic acid groups (broad SMARTS) is 2. The Balaban J connectivity index is -0.000000194. The molecule has 12 nitrogen and oxygen atoms in total. The molecule has 0 aliphatic carbocycles. The van der Waals surface area contributed by atoms with Crippen LogP contribution < -0.4 is 0 Å². The predicted octanol–water partition coefficient (Wildman–Crippen LogP) is 1.13. The fourth-order valence-electron chi connectivity index (χ4n) is 0.958. The zero-order chi connectivity index (χ0) is 26.3. The average molecular weight is 468 g/mol. The molecule has 0 aromatic carbocycles. The number of ketones is 1. The van der Waals surface area contributed by atoms with E-state index >= 15 is 0 Å². The predicted molar refractivity (Wildman–Crippen MR) is 112 cm³/mol. The molecule has 0 saturated heterocycles. The van der Waals surface area contributed by atoms with Crippen molar-refractivity contribution in [2.75, 3.05) is 27.4 Å². The Hall–Kier alpha value is -2.83. The molecule has 0 rings (SSSR count). The molecule has 32 heavy (non-hydrogen) atoms. The van der Waals surface area contributed by atoms with Crippen molar-refractivity contribution in [2.24, 2.45) is 5.41 Å². The lowest BCUT2D eigenvalue weighted by atomic mass is 9.94. The second-order valence-electron chi connectivity index (χ2n) is 6.34. The molecule has 0 aromatic rings. The molecule has 4 N–H and O–H groups in total. The Morgan fingerprint density at radius 3 is 1.53 bits per heavy atom. The van der Waals surface area contributed by atoms with Crippen LogP contribution >= 0.6 is 0 Å². The zero-order valence-electron chi connectivity index (χ0n) is 19.7. The summed E-state index contributed by atoms with van der Waals surface area (Å²) in [7, 11) is 3.25. The number of aliphatic hydroxyl groups is 2. The third-order valence-corrected chi connectivity index (χ3v) is 2.95. The van der Waals surface area contributed by atoms with Crippen LogP contribution in [0.25, 0.3) is 0 Å². The topological polar surface area (TPSA) is 194 Å². The Morgan fingerprint density at radius 2 is 1.31 bits per heavy atom. The maximum Gasteiger partial charge on any atom is 0.381 e. The van der Waals surface area contributed by atoms with Crippen molar-refractivity contribution in [3.63, 3.8) is 0 Å². The Morgan fingerprint density at radius 1 is 0.906 bits per heavy atom. The summed E-state index contributed by atoms with van der Waals surface area (Å²) in [5.41, 5.74) is -1.03. The fraction of sp³-hybridized carbons (Fsp3) is 0.650. The number of Topliss-reactive ketones (excluding diaryl/α,β-unsaturated/α-hetero) is 1. The zero-order valence-corrected chi connectivity index (χ0v) is 19.7. The lowest BCUT2D eigenvalue weighted by Gasteiger charge is -2.17. The Bertz CT molecular complexity index is 591. The number of aliphatic hydroxyl groups excluding tert-OH is 2. The van der Waals surface area contributed by atoms with Gasteiger partial charge >= 0.3 is 23.9 Å². The number of carbonyl (C=O) groups excluding carboxylic acids is 3. The first-order chi connectivity index (χ1) is 14.7. The van der Waals surface area contributed by atoms with E-state index in [-0.39, 0.29) is 12.2 Å². The van der Waals surface area contributed by atoms with Crippen LogP contribution in [0, 0.1) is 5.41 Å². The number of methoxy groups -OCH3 is 1. The minimum Gasteiger partial charge on any atom is -0.481 e. The molecule has 0 saturated carbocycles. The second kappa shape index (κ2) is 22.8. The number of hydrogen-bond donors (Lipinski definition) is 4. The Labute approximate surface area is 187 Å². The fourth-order valence-corrected chi connectivity index (χ4v) is 0.958. The molecule has 0 bridgehead atoms. The summed E-state index contributed by atoms with van der Waals surface area (Å²) in [5.74, 6) is -3.89. The SMILES string of the molecule is CC(CO)(CO)C(=O)O.CC/C=C(\C)C(=O)OOC(=O)CC(C)=O.CCC(=O)O.COC. The van der Waals surface area contributed by atoms with Crippen LogP contribution in [0.2, 0.25) is 0 Å². The second-order valence-corrected chi connectivity index (χ2v) is 6.34. The van der Waals surface area contributed by atoms with Gasteiger partial charge in [0.1, 0.15) is 17.6 Å². The van der Waals surface area contributed by atoms with Gasteiger partial charge in [-0.3, -0.25) is 14.4 Å². The van der Waals surface area contributed by atoms with E-state index in [0.29, 0.717) is 12.0 Å². The standard InChI is InChI=1S/C10H14O5.C5H10O4.C3H6O2.C2H6O/c1-4-5-7(2)10(13)15-14-9(12)6-8(3)11;1-5(2-6,3-7)4(8)9;1-2-3(4)5;1-3-2/h5H,4,6H2,1-3H3;6-7H,2-3H2,1H3,(H,8,9);2H2,1H3,(H,4,5);1-2H3/b7-5+;;;. The third-order valence-electron chi connectivity index (χ3n) is 2.95. The van der Waals surface area contributed by atoms with Gasteiger partial charge < -0.3 is 25.2 Å². The van der Waals surface area contributed by atoms with Gasteiger partial charge in [0, 0.05) is 26.2 Å². The quantitative estimate of drug-likeness (QED) is 0.172. The van der Waals surface area contributed by atoms with Gasteiger partial charge in [0.25, 0.3) is 0 Å². The molecule has 0 heterocycles. The van der Waals surface area contributed by atoms with E-state index in [1.165, 1.54) is 13.8 Å². The summed E-state index contributed by atoms with van der Waals surface area (Å²) < 4.78 is 4.25. The van der Waals surface area contributed by atoms with Crippen LogP contribution in [-0.2, 0) is 38.5 Å². The van der Waals surface area contributed by atoms with Crippen LogP contribution in [0.15, 0.2) is 11.6 Å². The number of rotatable bonds is 8. The van der Waals surface area contributed by atoms with Crippen LogP contribution in [0.1, 0.15) is 53.9 Å². The van der Waals surface area contributed by atoms with Crippen LogP contribution in [0.3, 0.4) is 0 Å². The van der Waals surface area contributed by atoms with E-state index in [9.17, 15) is 24.0 Å². The summed E-state index contributed by atoms with van der Waals surface area (Å²) in [6.07, 6.45) is 2.15. The molecular weight excluding hydrogens is 432 g/mol. The summed E-state index contributed by atoms with van der Waals surface area (Å²) >= 11 is 0. The lowest BCUT2D eigenvalue weighted by Crippen LogP contribution is -2.35. The first kappa shape index (κ1) is 36.5. The van der Waals surface area contributed by atoms with Gasteiger partial charge in [0.15, 0.2) is 0 Å². The van der Waals surface area contributed by atoms with Crippen LogP contribution in [0.4, 0.5) is 0 Å². The van der Waals surface area contributed by atoms with Gasteiger partial charge in [-0.1, -0.05) is 19.9 Å². The van der Waals surface area contributed by atoms with Crippen molar-refractivity contribution in [1.29, 1.82) is 0 Å². The highest BCUT2D eigenvalue weighted by molar-refractivity contribution is 5.94. The average Bonchev–Trinajstić information content (AvgIpc) is 2.72. The van der Waals surface area contributed by atoms with Crippen LogP contribution in [0.5, 0.6) is 0 Å². The number of allylic oxidation sites excluding steroid dienone is 1. The molecule has 12 heteroatoms. The largest absolute Gasteiger partial charge is 0.481 e. The van der Waals surface area contributed by atoms with Crippen molar-refractivity contribution in [2.45, 2.75) is 53.9 Å². The molecular formula is C20H36O12. The summed E-state index contributed by atoms with van der Waals surface area (Å²) in [6.45, 7) is 6.43. The molecule has 188 valence electrons. The van der Waals surface area contributed by atoms with Gasteiger partial charge in [-0.05, 0) is 27.2 Å². The van der Waals surface area contributed by atoms with Crippen molar-refractivity contribution in [1.82, 2.24) is 0 Å². The molecule has 0 spiro atoms. The Kier molecular flexibility index (Phi) is 26.1. The van der Waals surface area contributed by atoms with Gasteiger partial charge in [0.05, 0.1) is 13.2 Å². The van der Waals surface area contributed by atoms with E-state index < -0.39 is 48.9 Å². The number of carboxylic acids is 2. The first-order valence-electron chi connectivity index (χ1n) is 9.37. The summed E-state index contributed by atoms with van der Waals surface area (Å²) in [5, 5.41) is 32.9. The monoisotopic (exact) mass is 468 g/mol. The van der Waals surface area contributed by atoms with Gasteiger partial charge in [-0.2, -0.15) is 0 Å². The lowest BCUT2D eigenvalue weighted by molar-refractivity contribution is -0.255. The minimum absolute atomic E-state index is 0.222. The number of carbonyl (C=O) groups is 5. The summed E-state index contributed by atoms with van der Waals surface area (Å²) in [6, 6.07) is 0. The molecule has 0 unspecified atom stereocenters. The van der Waals surface area contributed by atoms with Crippen LogP contribution in [-0.4, -0.2) is 77.5 Å². The van der Waals surface area contributed by atoms with E-state index in [2.05, 4.69) is 14.5 Å². The smallest absolute Gasteiger partial charge is 0.381 e. The number of ether oxygens (including phenoxy) is 1. The van der Waals surface area contributed by atoms with Crippen molar-refractivity contribution in [3.05, 3.63) is 11.6 Å². The first-order valence-corrected chi connectivity index (χ1v) is 9.37. The molecule has 0 fully saturated rings. The highest BCUT2D eigenvalue weighted by Crippen LogP contribution is 2.12. The molecule has 0 atom stereocenters. The molecule has 0 aliphatic rings. The molecule has 0 aromatic heterocycles. The third kappa shape index (κ3) is 25.2.